The molecule has 25 heavy (non-hydrogen) atoms. The third-order valence-electron chi connectivity index (χ3n) is 3.32. The number of aromatic nitrogens is 4. The van der Waals surface area contributed by atoms with Gasteiger partial charge in [0.1, 0.15) is 0 Å². The molecule has 0 amide bonds. The van der Waals surface area contributed by atoms with Crippen LogP contribution < -0.4 is 11.5 Å². The van der Waals surface area contributed by atoms with Crippen molar-refractivity contribution >= 4 is 44.9 Å². The van der Waals surface area contributed by atoms with Gasteiger partial charge in [-0.3, -0.25) is 0 Å². The van der Waals surface area contributed by atoms with Gasteiger partial charge < -0.3 is 11.5 Å². The fourth-order valence-electron chi connectivity index (χ4n) is 2.24. The molecule has 2 heterocycles. The maximum atomic E-state index is 11.5. The van der Waals surface area contributed by atoms with Gasteiger partial charge in [0, 0.05) is 23.6 Å². The number of halogens is 2. The monoisotopic (exact) mass is 398 g/mol. The lowest BCUT2D eigenvalue weighted by molar-refractivity contribution is 0.598. The average Bonchev–Trinajstić information content (AvgIpc) is 2.85. The van der Waals surface area contributed by atoms with E-state index >= 15 is 0 Å². The second-order valence-electron chi connectivity index (χ2n) is 5.18. The van der Waals surface area contributed by atoms with Crippen LogP contribution in [0.25, 0.3) is 16.8 Å². The van der Waals surface area contributed by atoms with Crippen molar-refractivity contribution in [2.75, 3.05) is 17.7 Å². The highest BCUT2D eigenvalue weighted by Gasteiger charge is 2.16. The van der Waals surface area contributed by atoms with Crippen molar-refractivity contribution in [1.29, 1.82) is 0 Å². The fourth-order valence-corrected chi connectivity index (χ4v) is 3.49. The molecule has 0 bridgehead atoms. The first-order valence-corrected chi connectivity index (χ1v) is 9.45. The molecule has 0 aliphatic rings. The van der Waals surface area contributed by atoms with Crippen LogP contribution in [0.3, 0.4) is 0 Å². The molecule has 8 nitrogen and oxygen atoms in total. The SMILES string of the molecule is CS(=O)(=O)c1ccc(-c2c(Cl)cc(-n3nc(N)nc3N)cc2Cl)cn1. The summed E-state index contributed by atoms with van der Waals surface area (Å²) in [6.07, 6.45) is 2.48. The smallest absolute Gasteiger partial charge is 0.241 e. The Kier molecular flexibility index (Phi) is 4.31. The van der Waals surface area contributed by atoms with E-state index in [0.29, 0.717) is 26.9 Å². The number of sulfone groups is 1. The van der Waals surface area contributed by atoms with E-state index < -0.39 is 9.84 Å². The zero-order valence-electron chi connectivity index (χ0n) is 12.8. The summed E-state index contributed by atoms with van der Waals surface area (Å²) >= 11 is 12.7. The van der Waals surface area contributed by atoms with Gasteiger partial charge in [-0.2, -0.15) is 9.67 Å². The van der Waals surface area contributed by atoms with Gasteiger partial charge in [0.05, 0.1) is 15.7 Å². The molecule has 3 aromatic rings. The number of rotatable bonds is 3. The molecule has 3 rings (SSSR count). The van der Waals surface area contributed by atoms with Gasteiger partial charge in [0.2, 0.25) is 11.9 Å². The van der Waals surface area contributed by atoms with Gasteiger partial charge in [0.25, 0.3) is 0 Å². The Morgan fingerprint density at radius 1 is 1.12 bits per heavy atom. The lowest BCUT2D eigenvalue weighted by atomic mass is 10.1. The summed E-state index contributed by atoms with van der Waals surface area (Å²) in [6, 6.07) is 6.16. The molecule has 0 aliphatic heterocycles. The van der Waals surface area contributed by atoms with Crippen molar-refractivity contribution < 1.29 is 8.42 Å². The minimum Gasteiger partial charge on any atom is -0.368 e. The highest BCUT2D eigenvalue weighted by molar-refractivity contribution is 7.90. The van der Waals surface area contributed by atoms with Gasteiger partial charge in [-0.1, -0.05) is 23.2 Å². The minimum atomic E-state index is -3.39. The van der Waals surface area contributed by atoms with E-state index in [1.54, 1.807) is 18.2 Å². The maximum absolute atomic E-state index is 11.5. The molecule has 0 atom stereocenters. The Morgan fingerprint density at radius 3 is 2.20 bits per heavy atom. The molecule has 0 radical (unpaired) electrons. The van der Waals surface area contributed by atoms with Crippen LogP contribution in [0.5, 0.6) is 0 Å². The van der Waals surface area contributed by atoms with Crippen molar-refractivity contribution in [3.63, 3.8) is 0 Å². The molecule has 0 unspecified atom stereocenters. The Morgan fingerprint density at radius 2 is 1.76 bits per heavy atom. The van der Waals surface area contributed by atoms with Crippen LogP contribution in [0.15, 0.2) is 35.5 Å². The highest BCUT2D eigenvalue weighted by atomic mass is 35.5. The predicted octanol–water partition coefficient (Wildman–Crippen LogP) is 2.20. The molecule has 4 N–H and O–H groups in total. The van der Waals surface area contributed by atoms with Crippen LogP contribution in [0.2, 0.25) is 10.0 Å². The summed E-state index contributed by atoms with van der Waals surface area (Å²) < 4.78 is 24.3. The van der Waals surface area contributed by atoms with E-state index in [0.717, 1.165) is 6.26 Å². The van der Waals surface area contributed by atoms with Crippen LogP contribution >= 0.6 is 23.2 Å². The number of hydrogen-bond acceptors (Lipinski definition) is 7. The largest absolute Gasteiger partial charge is 0.368 e. The van der Waals surface area contributed by atoms with Gasteiger partial charge >= 0.3 is 0 Å². The van der Waals surface area contributed by atoms with E-state index in [1.807, 2.05) is 0 Å². The van der Waals surface area contributed by atoms with Crippen molar-refractivity contribution in [3.8, 4) is 16.8 Å². The van der Waals surface area contributed by atoms with Crippen molar-refractivity contribution in [2.24, 2.45) is 0 Å². The normalized spacial score (nSPS) is 11.6. The van der Waals surface area contributed by atoms with E-state index in [2.05, 4.69) is 15.1 Å². The molecule has 0 fully saturated rings. The molecule has 0 aliphatic carbocycles. The van der Waals surface area contributed by atoms with Crippen molar-refractivity contribution in [3.05, 3.63) is 40.5 Å². The summed E-state index contributed by atoms with van der Waals surface area (Å²) in [7, 11) is -3.39. The zero-order valence-corrected chi connectivity index (χ0v) is 15.1. The van der Waals surface area contributed by atoms with E-state index in [9.17, 15) is 8.42 Å². The first kappa shape index (κ1) is 17.5. The molecular formula is C14H12Cl2N6O2S. The summed E-state index contributed by atoms with van der Waals surface area (Å²) in [5.41, 5.74) is 12.8. The quantitative estimate of drug-likeness (QED) is 0.691. The van der Waals surface area contributed by atoms with Gasteiger partial charge in [-0.15, -0.1) is 5.10 Å². The third-order valence-corrected chi connectivity index (χ3v) is 4.92. The lowest BCUT2D eigenvalue weighted by Crippen LogP contribution is -2.03. The molecule has 2 aromatic heterocycles. The standard InChI is InChI=1S/C14H12Cl2N6O2S/c1-25(23,24)11-3-2-7(6-19-11)12-9(15)4-8(5-10(12)16)22-14(18)20-13(17)21-22/h2-6H,1H3,(H4,17,18,20,21). The summed E-state index contributed by atoms with van der Waals surface area (Å²) in [5.74, 6) is 0.117. The van der Waals surface area contributed by atoms with Crippen LogP contribution in [0.4, 0.5) is 11.9 Å². The van der Waals surface area contributed by atoms with Crippen LogP contribution in [-0.2, 0) is 9.84 Å². The van der Waals surface area contributed by atoms with Gasteiger partial charge in [0.15, 0.2) is 14.9 Å². The Hall–Kier alpha value is -2.36. The second-order valence-corrected chi connectivity index (χ2v) is 7.96. The fraction of sp³-hybridized carbons (Fsp3) is 0.0714. The topological polar surface area (TPSA) is 130 Å². The van der Waals surface area contributed by atoms with Crippen molar-refractivity contribution in [1.82, 2.24) is 19.7 Å². The Bertz CT molecular complexity index is 1040. The molecule has 0 saturated heterocycles. The van der Waals surface area contributed by atoms with Gasteiger partial charge in [-0.05, 0) is 24.3 Å². The van der Waals surface area contributed by atoms with Crippen LogP contribution in [0, 0.1) is 0 Å². The minimum absolute atomic E-state index is 0.0226. The predicted molar refractivity (Wildman–Crippen MR) is 96.5 cm³/mol. The first-order chi connectivity index (χ1) is 11.7. The number of pyridine rings is 1. The molecule has 1 aromatic carbocycles. The maximum Gasteiger partial charge on any atom is 0.241 e. The molecular weight excluding hydrogens is 387 g/mol. The lowest BCUT2D eigenvalue weighted by Gasteiger charge is -2.11. The molecule has 130 valence electrons. The number of nitrogens with two attached hydrogens (primary N) is 2. The average molecular weight is 399 g/mol. The molecule has 11 heteroatoms. The number of nitrogen functional groups attached to an aromatic ring is 2. The van der Waals surface area contributed by atoms with E-state index in [1.165, 1.54) is 16.9 Å². The van der Waals surface area contributed by atoms with E-state index in [4.69, 9.17) is 34.7 Å². The third kappa shape index (κ3) is 3.39. The van der Waals surface area contributed by atoms with Crippen molar-refractivity contribution in [2.45, 2.75) is 5.03 Å². The number of nitrogens with zero attached hydrogens (tertiary/aromatic N) is 4. The Labute approximate surface area is 153 Å². The number of hydrogen-bond donors (Lipinski definition) is 2. The molecule has 0 saturated carbocycles. The first-order valence-electron chi connectivity index (χ1n) is 6.80. The van der Waals surface area contributed by atoms with E-state index in [-0.39, 0.29) is 16.9 Å². The molecule has 0 spiro atoms. The van der Waals surface area contributed by atoms with Crippen LogP contribution in [0.1, 0.15) is 0 Å². The Balaban J connectivity index is 2.08. The second kappa shape index (κ2) is 6.17. The van der Waals surface area contributed by atoms with Crippen LogP contribution in [-0.4, -0.2) is 34.4 Å². The number of benzene rings is 1. The number of anilines is 2. The summed E-state index contributed by atoms with van der Waals surface area (Å²) in [4.78, 5) is 7.75. The van der Waals surface area contributed by atoms with Gasteiger partial charge in [-0.25, -0.2) is 13.4 Å². The highest BCUT2D eigenvalue weighted by Crippen LogP contribution is 2.37. The summed E-state index contributed by atoms with van der Waals surface area (Å²) in [5, 5.41) is 4.55. The summed E-state index contributed by atoms with van der Waals surface area (Å²) in [6.45, 7) is 0. The zero-order chi connectivity index (χ0) is 18.4.